The van der Waals surface area contributed by atoms with Crippen LogP contribution in [0.3, 0.4) is 0 Å². The summed E-state index contributed by atoms with van der Waals surface area (Å²) in [6.45, 7) is 5.55. The lowest BCUT2D eigenvalue weighted by Crippen LogP contribution is -2.25. The number of unbranched alkanes of at least 4 members (excludes halogenated alkanes) is 6. The molecule has 1 aliphatic rings. The Hall–Kier alpha value is -1.30. The number of carbonyl (C=O) groups excluding carboxylic acids is 2. The van der Waals surface area contributed by atoms with Crippen LogP contribution in [-0.4, -0.2) is 45.2 Å². The maximum Gasteiger partial charge on any atom is 0.158 e. The molecule has 0 amide bonds. The molecule has 172 valence electrons. The summed E-state index contributed by atoms with van der Waals surface area (Å²) in [6.07, 6.45) is 15.1. The molecule has 0 radical (unpaired) electrons. The van der Waals surface area contributed by atoms with Gasteiger partial charge in [-0.2, -0.15) is 0 Å². The van der Waals surface area contributed by atoms with Crippen molar-refractivity contribution in [3.05, 3.63) is 24.8 Å². The van der Waals surface area contributed by atoms with Gasteiger partial charge >= 0.3 is 0 Å². The summed E-state index contributed by atoms with van der Waals surface area (Å²) >= 11 is 0. The molecule has 0 aromatic heterocycles. The van der Waals surface area contributed by atoms with E-state index in [1.54, 1.807) is 6.08 Å². The van der Waals surface area contributed by atoms with E-state index in [1.165, 1.54) is 6.42 Å². The Morgan fingerprint density at radius 3 is 2.53 bits per heavy atom. The first kappa shape index (κ1) is 26.7. The average molecular weight is 423 g/mol. The highest BCUT2D eigenvalue weighted by Crippen LogP contribution is 2.35. The third-order valence-corrected chi connectivity index (χ3v) is 6.30. The minimum absolute atomic E-state index is 0.117. The van der Waals surface area contributed by atoms with E-state index < -0.39 is 11.7 Å². The van der Waals surface area contributed by atoms with Crippen molar-refractivity contribution in [3.8, 4) is 0 Å². The van der Waals surface area contributed by atoms with Gasteiger partial charge in [0.25, 0.3) is 0 Å². The van der Waals surface area contributed by atoms with Crippen LogP contribution in [0.25, 0.3) is 0 Å². The van der Waals surface area contributed by atoms with Crippen LogP contribution < -0.4 is 0 Å². The van der Waals surface area contributed by atoms with Gasteiger partial charge in [-0.15, -0.1) is 6.58 Å². The lowest BCUT2D eigenvalue weighted by molar-refractivity contribution is -0.122. The predicted octanol–water partition coefficient (Wildman–Crippen LogP) is 4.29. The number of carbonyl (C=O) groups is 2. The van der Waals surface area contributed by atoms with Crippen LogP contribution in [0.2, 0.25) is 0 Å². The highest BCUT2D eigenvalue weighted by atomic mass is 16.3. The molecule has 0 aromatic carbocycles. The predicted molar refractivity (Wildman–Crippen MR) is 120 cm³/mol. The summed E-state index contributed by atoms with van der Waals surface area (Å²) in [4.78, 5) is 23.4. The molecule has 30 heavy (non-hydrogen) atoms. The highest BCUT2D eigenvalue weighted by Gasteiger charge is 2.39. The van der Waals surface area contributed by atoms with Gasteiger partial charge in [0.05, 0.1) is 11.7 Å². The number of rotatable bonds is 17. The van der Waals surface area contributed by atoms with Gasteiger partial charge in [0.15, 0.2) is 5.78 Å². The minimum atomic E-state index is -0.931. The van der Waals surface area contributed by atoms with Crippen molar-refractivity contribution in [1.82, 2.24) is 0 Å². The molecule has 1 rings (SSSR count). The molecular formula is C25H42O5. The van der Waals surface area contributed by atoms with E-state index in [4.69, 9.17) is 5.11 Å². The normalized spacial score (nSPS) is 23.7. The first-order valence-electron chi connectivity index (χ1n) is 11.7. The Kier molecular flexibility index (Phi) is 13.1. The molecule has 0 heterocycles. The Morgan fingerprint density at radius 2 is 1.87 bits per heavy atom. The van der Waals surface area contributed by atoms with Gasteiger partial charge in [-0.25, -0.2) is 0 Å². The maximum atomic E-state index is 12.3. The Labute approximate surface area is 182 Å². The van der Waals surface area contributed by atoms with Gasteiger partial charge in [0.1, 0.15) is 12.4 Å². The third-order valence-electron chi connectivity index (χ3n) is 6.30. The lowest BCUT2D eigenvalue weighted by atomic mass is 9.87. The van der Waals surface area contributed by atoms with Crippen molar-refractivity contribution >= 4 is 11.6 Å². The smallest absolute Gasteiger partial charge is 0.158 e. The van der Waals surface area contributed by atoms with Gasteiger partial charge in [-0.05, 0) is 25.7 Å². The van der Waals surface area contributed by atoms with E-state index >= 15 is 0 Å². The molecule has 0 aliphatic heterocycles. The monoisotopic (exact) mass is 422 g/mol. The molecule has 4 atom stereocenters. The first-order chi connectivity index (χ1) is 14.4. The number of ketones is 2. The van der Waals surface area contributed by atoms with Crippen LogP contribution in [0.1, 0.15) is 90.4 Å². The number of hydrogen-bond acceptors (Lipinski definition) is 5. The maximum absolute atomic E-state index is 12.3. The summed E-state index contributed by atoms with van der Waals surface area (Å²) < 4.78 is 0. The Morgan fingerprint density at radius 1 is 1.17 bits per heavy atom. The summed E-state index contributed by atoms with van der Waals surface area (Å²) in [6, 6.07) is 0. The van der Waals surface area contributed by atoms with Crippen LogP contribution in [0.4, 0.5) is 0 Å². The first-order valence-corrected chi connectivity index (χ1v) is 11.7. The average Bonchev–Trinajstić information content (AvgIpc) is 3.00. The second kappa shape index (κ2) is 14.7. The Balaban J connectivity index is 2.47. The topological polar surface area (TPSA) is 94.8 Å². The van der Waals surface area contributed by atoms with E-state index in [0.717, 1.165) is 51.4 Å². The number of aliphatic hydroxyl groups is 3. The summed E-state index contributed by atoms with van der Waals surface area (Å²) in [7, 11) is 0. The fraction of sp³-hybridized carbons (Fsp3) is 0.760. The van der Waals surface area contributed by atoms with Gasteiger partial charge in [-0.1, -0.05) is 70.1 Å². The molecule has 0 aromatic rings. The van der Waals surface area contributed by atoms with Crippen molar-refractivity contribution in [2.75, 3.05) is 6.61 Å². The molecule has 0 spiro atoms. The molecule has 5 heteroatoms. The molecule has 1 fully saturated rings. The van der Waals surface area contributed by atoms with E-state index in [1.807, 2.05) is 12.2 Å². The summed E-state index contributed by atoms with van der Waals surface area (Å²) in [5, 5.41) is 29.8. The van der Waals surface area contributed by atoms with Gasteiger partial charge in [-0.3, -0.25) is 9.59 Å². The number of hydrogen-bond donors (Lipinski definition) is 3. The molecule has 1 aliphatic carbocycles. The third kappa shape index (κ3) is 9.67. The molecule has 1 saturated carbocycles. The lowest BCUT2D eigenvalue weighted by Gasteiger charge is -2.23. The largest absolute Gasteiger partial charge is 0.392 e. The van der Waals surface area contributed by atoms with Crippen molar-refractivity contribution < 1.29 is 24.9 Å². The molecular weight excluding hydrogens is 380 g/mol. The van der Waals surface area contributed by atoms with E-state index in [-0.39, 0.29) is 36.4 Å². The van der Waals surface area contributed by atoms with Gasteiger partial charge in [0.2, 0.25) is 0 Å². The SMILES string of the molecule is C=CC(O)(C/C=C/[C@H]1[C@H](O)CC(=O)[C@@H]1CCCCCCC(=O)CO)CCCCCC. The number of Topliss-reactive ketones (excluding diaryl/α,β-unsaturated/α-hetero) is 2. The molecule has 5 nitrogen and oxygen atoms in total. The van der Waals surface area contributed by atoms with Gasteiger partial charge < -0.3 is 15.3 Å². The summed E-state index contributed by atoms with van der Waals surface area (Å²) in [5.74, 6) is -0.371. The van der Waals surface area contributed by atoms with Crippen LogP contribution in [-0.2, 0) is 9.59 Å². The molecule has 3 N–H and O–H groups in total. The quantitative estimate of drug-likeness (QED) is 0.240. The van der Waals surface area contributed by atoms with Crippen LogP contribution >= 0.6 is 0 Å². The van der Waals surface area contributed by atoms with Crippen molar-refractivity contribution in [1.29, 1.82) is 0 Å². The zero-order chi connectivity index (χ0) is 22.4. The molecule has 0 saturated heterocycles. The minimum Gasteiger partial charge on any atom is -0.392 e. The highest BCUT2D eigenvalue weighted by molar-refractivity contribution is 5.84. The zero-order valence-electron chi connectivity index (χ0n) is 18.7. The number of aliphatic hydroxyl groups excluding tert-OH is 2. The van der Waals surface area contributed by atoms with Crippen LogP contribution in [0.5, 0.6) is 0 Å². The van der Waals surface area contributed by atoms with E-state index in [0.29, 0.717) is 19.3 Å². The molecule has 0 bridgehead atoms. The fourth-order valence-electron chi connectivity index (χ4n) is 4.29. The Bertz CT molecular complexity index is 556. The van der Waals surface area contributed by atoms with Crippen molar-refractivity contribution in [2.45, 2.75) is 102 Å². The van der Waals surface area contributed by atoms with Crippen molar-refractivity contribution in [2.24, 2.45) is 11.8 Å². The molecule has 1 unspecified atom stereocenters. The summed E-state index contributed by atoms with van der Waals surface area (Å²) in [5.41, 5.74) is -0.931. The second-order valence-corrected chi connectivity index (χ2v) is 8.82. The van der Waals surface area contributed by atoms with Crippen molar-refractivity contribution in [3.63, 3.8) is 0 Å². The van der Waals surface area contributed by atoms with E-state index in [9.17, 15) is 19.8 Å². The standard InChI is InChI=1S/C25H42O5/c1-3-5-6-11-16-25(30,4-2)17-12-15-22-21(23(28)18-24(22)29)14-10-8-7-9-13-20(27)19-26/h4,12,15,21-22,24,26,29-30H,2-3,5-11,13-14,16-19H2,1H3/b15-12+/t21-,22-,24-,25?/m1/s1. The van der Waals surface area contributed by atoms with E-state index in [2.05, 4.69) is 13.5 Å². The zero-order valence-corrected chi connectivity index (χ0v) is 18.7. The van der Waals surface area contributed by atoms with Gasteiger partial charge in [0, 0.05) is 24.7 Å². The van der Waals surface area contributed by atoms with Crippen LogP contribution in [0, 0.1) is 11.8 Å². The van der Waals surface area contributed by atoms with Crippen LogP contribution in [0.15, 0.2) is 24.8 Å². The fourth-order valence-corrected chi connectivity index (χ4v) is 4.29. The second-order valence-electron chi connectivity index (χ2n) is 8.82.